The molecule has 0 heterocycles. The van der Waals surface area contributed by atoms with Gasteiger partial charge in [-0.05, 0) is 18.1 Å². The fourth-order valence-electron chi connectivity index (χ4n) is 1.12. The van der Waals surface area contributed by atoms with Gasteiger partial charge in [-0.25, -0.2) is 0 Å². The van der Waals surface area contributed by atoms with Gasteiger partial charge in [0.15, 0.2) is 11.6 Å². The van der Waals surface area contributed by atoms with E-state index in [1.165, 1.54) is 12.2 Å². The summed E-state index contributed by atoms with van der Waals surface area (Å²) in [7, 11) is 0. The first-order chi connectivity index (χ1) is 6.02. The van der Waals surface area contributed by atoms with Crippen molar-refractivity contribution >= 4 is 11.6 Å². The number of rotatable bonds is 6. The van der Waals surface area contributed by atoms with Gasteiger partial charge in [-0.2, -0.15) is 0 Å². The highest BCUT2D eigenvalue weighted by Gasteiger charge is 2.21. The van der Waals surface area contributed by atoms with Gasteiger partial charge in [-0.1, -0.05) is 27.0 Å². The Bertz CT molecular complexity index is 226. The number of carbonyl (C=O) groups is 2. The summed E-state index contributed by atoms with van der Waals surface area (Å²) < 4.78 is 0. The minimum absolute atomic E-state index is 0.0646. The van der Waals surface area contributed by atoms with E-state index in [1.807, 2.05) is 13.8 Å². The van der Waals surface area contributed by atoms with Crippen molar-refractivity contribution in [1.82, 2.24) is 0 Å². The van der Waals surface area contributed by atoms with Crippen LogP contribution in [0.1, 0.15) is 20.3 Å². The molecule has 0 aliphatic rings. The Labute approximate surface area is 79.3 Å². The molecular weight excluding hydrogens is 164 g/mol. The third kappa shape index (κ3) is 3.83. The molecule has 2 nitrogen and oxygen atoms in total. The summed E-state index contributed by atoms with van der Waals surface area (Å²) >= 11 is 0. The van der Waals surface area contributed by atoms with Crippen LogP contribution in [-0.4, -0.2) is 11.6 Å². The molecule has 2 heteroatoms. The number of hydrogen-bond donors (Lipinski definition) is 0. The molecule has 0 aromatic carbocycles. The fourth-order valence-corrected chi connectivity index (χ4v) is 1.12. The zero-order valence-corrected chi connectivity index (χ0v) is 8.25. The SMILES string of the molecule is C=CC(=O)CC(C(=O)C=C)C(C)C. The van der Waals surface area contributed by atoms with Gasteiger partial charge in [0.25, 0.3) is 0 Å². The maximum Gasteiger partial charge on any atom is 0.158 e. The van der Waals surface area contributed by atoms with E-state index in [-0.39, 0.29) is 29.8 Å². The predicted molar refractivity (Wildman–Crippen MR) is 53.4 cm³/mol. The van der Waals surface area contributed by atoms with Crippen LogP contribution in [0.3, 0.4) is 0 Å². The second kappa shape index (κ2) is 5.46. The second-order valence-corrected chi connectivity index (χ2v) is 3.33. The zero-order valence-electron chi connectivity index (χ0n) is 8.25. The summed E-state index contributed by atoms with van der Waals surface area (Å²) in [5.41, 5.74) is 0. The van der Waals surface area contributed by atoms with Crippen LogP contribution in [0, 0.1) is 11.8 Å². The summed E-state index contributed by atoms with van der Waals surface area (Å²) in [5, 5.41) is 0. The third-order valence-electron chi connectivity index (χ3n) is 2.02. The molecule has 0 fully saturated rings. The quantitative estimate of drug-likeness (QED) is 0.587. The van der Waals surface area contributed by atoms with Gasteiger partial charge < -0.3 is 0 Å². The highest BCUT2D eigenvalue weighted by atomic mass is 16.1. The van der Waals surface area contributed by atoms with Crippen LogP contribution in [0.15, 0.2) is 25.3 Å². The van der Waals surface area contributed by atoms with Crippen molar-refractivity contribution in [1.29, 1.82) is 0 Å². The van der Waals surface area contributed by atoms with Gasteiger partial charge in [0.1, 0.15) is 0 Å². The molecule has 0 aliphatic carbocycles. The first-order valence-electron chi connectivity index (χ1n) is 4.34. The molecule has 1 unspecified atom stereocenters. The van der Waals surface area contributed by atoms with Gasteiger partial charge in [-0.3, -0.25) is 9.59 Å². The number of allylic oxidation sites excluding steroid dienone is 2. The van der Waals surface area contributed by atoms with Crippen LogP contribution >= 0.6 is 0 Å². The molecule has 0 N–H and O–H groups in total. The van der Waals surface area contributed by atoms with Gasteiger partial charge >= 0.3 is 0 Å². The largest absolute Gasteiger partial charge is 0.295 e. The van der Waals surface area contributed by atoms with Crippen molar-refractivity contribution in [2.24, 2.45) is 11.8 Å². The van der Waals surface area contributed by atoms with Crippen molar-refractivity contribution < 1.29 is 9.59 Å². The van der Waals surface area contributed by atoms with Gasteiger partial charge in [0.05, 0.1) is 0 Å². The smallest absolute Gasteiger partial charge is 0.158 e. The molecule has 0 bridgehead atoms. The van der Waals surface area contributed by atoms with E-state index in [9.17, 15) is 9.59 Å². The Hall–Kier alpha value is -1.18. The molecule has 0 spiro atoms. The molecule has 0 saturated carbocycles. The molecule has 0 rings (SSSR count). The highest BCUT2D eigenvalue weighted by molar-refractivity contribution is 5.97. The predicted octanol–water partition coefficient (Wildman–Crippen LogP) is 2.16. The molecule has 0 radical (unpaired) electrons. The van der Waals surface area contributed by atoms with Crippen molar-refractivity contribution in [2.45, 2.75) is 20.3 Å². The maximum atomic E-state index is 11.3. The topological polar surface area (TPSA) is 34.1 Å². The monoisotopic (exact) mass is 180 g/mol. The van der Waals surface area contributed by atoms with Gasteiger partial charge in [0, 0.05) is 12.3 Å². The normalized spacial score (nSPS) is 12.2. The Kier molecular flexibility index (Phi) is 4.97. The van der Waals surface area contributed by atoms with E-state index in [0.717, 1.165) is 0 Å². The average Bonchev–Trinajstić information content (AvgIpc) is 2.11. The van der Waals surface area contributed by atoms with E-state index in [4.69, 9.17) is 0 Å². The van der Waals surface area contributed by atoms with Crippen LogP contribution in [0.4, 0.5) is 0 Å². The molecule has 0 amide bonds. The molecule has 72 valence electrons. The van der Waals surface area contributed by atoms with Crippen molar-refractivity contribution in [3.8, 4) is 0 Å². The lowest BCUT2D eigenvalue weighted by molar-refractivity contribution is -0.124. The van der Waals surface area contributed by atoms with Crippen LogP contribution in [0.5, 0.6) is 0 Å². The summed E-state index contributed by atoms with van der Waals surface area (Å²) in [6, 6.07) is 0. The minimum Gasteiger partial charge on any atom is -0.295 e. The first kappa shape index (κ1) is 11.8. The van der Waals surface area contributed by atoms with Crippen LogP contribution in [0.25, 0.3) is 0 Å². The maximum absolute atomic E-state index is 11.3. The lowest BCUT2D eigenvalue weighted by atomic mass is 9.87. The van der Waals surface area contributed by atoms with E-state index in [2.05, 4.69) is 13.2 Å². The Morgan fingerprint density at radius 3 is 2.08 bits per heavy atom. The molecule has 0 saturated heterocycles. The van der Waals surface area contributed by atoms with Crippen LogP contribution in [-0.2, 0) is 9.59 Å². The molecule has 0 aromatic heterocycles. The third-order valence-corrected chi connectivity index (χ3v) is 2.02. The average molecular weight is 180 g/mol. The fraction of sp³-hybridized carbons (Fsp3) is 0.455. The number of ketones is 2. The van der Waals surface area contributed by atoms with Crippen molar-refractivity contribution in [3.05, 3.63) is 25.3 Å². The number of carbonyl (C=O) groups excluding carboxylic acids is 2. The summed E-state index contributed by atoms with van der Waals surface area (Å²) in [6.45, 7) is 10.6. The summed E-state index contributed by atoms with van der Waals surface area (Å²) in [6.07, 6.45) is 2.78. The van der Waals surface area contributed by atoms with E-state index < -0.39 is 0 Å². The molecular formula is C11H16O2. The minimum atomic E-state index is -0.247. The van der Waals surface area contributed by atoms with E-state index in [0.29, 0.717) is 0 Å². The van der Waals surface area contributed by atoms with Crippen LogP contribution < -0.4 is 0 Å². The Morgan fingerprint density at radius 1 is 1.23 bits per heavy atom. The first-order valence-corrected chi connectivity index (χ1v) is 4.34. The van der Waals surface area contributed by atoms with E-state index in [1.54, 1.807) is 0 Å². The lowest BCUT2D eigenvalue weighted by Crippen LogP contribution is -2.21. The molecule has 13 heavy (non-hydrogen) atoms. The van der Waals surface area contributed by atoms with Gasteiger partial charge in [-0.15, -0.1) is 0 Å². The molecule has 0 aromatic rings. The molecule has 0 aliphatic heterocycles. The standard InChI is InChI=1S/C11H16O2/c1-5-9(12)7-10(8(3)4)11(13)6-2/h5-6,8,10H,1-2,7H2,3-4H3. The summed E-state index contributed by atoms with van der Waals surface area (Å²) in [5.74, 6) is -0.239. The second-order valence-electron chi connectivity index (χ2n) is 3.33. The highest BCUT2D eigenvalue weighted by Crippen LogP contribution is 2.17. The zero-order chi connectivity index (χ0) is 10.4. The Balaban J connectivity index is 4.43. The van der Waals surface area contributed by atoms with Gasteiger partial charge in [0.2, 0.25) is 0 Å². The van der Waals surface area contributed by atoms with E-state index >= 15 is 0 Å². The van der Waals surface area contributed by atoms with Crippen LogP contribution in [0.2, 0.25) is 0 Å². The summed E-state index contributed by atoms with van der Waals surface area (Å²) in [4.78, 5) is 22.3. The van der Waals surface area contributed by atoms with Crippen molar-refractivity contribution in [3.63, 3.8) is 0 Å². The van der Waals surface area contributed by atoms with Crippen molar-refractivity contribution in [2.75, 3.05) is 0 Å². The number of hydrogen-bond acceptors (Lipinski definition) is 2. The lowest BCUT2D eigenvalue weighted by Gasteiger charge is -2.15. The molecule has 1 atom stereocenters. The Morgan fingerprint density at radius 2 is 1.77 bits per heavy atom.